The van der Waals surface area contributed by atoms with E-state index in [1.54, 1.807) is 0 Å². The molecule has 13 heavy (non-hydrogen) atoms. The summed E-state index contributed by atoms with van der Waals surface area (Å²) >= 11 is 0. The van der Waals surface area contributed by atoms with Gasteiger partial charge in [0.1, 0.15) is 0 Å². The Kier molecular flexibility index (Phi) is 4.49. The zero-order valence-electron chi connectivity index (χ0n) is 8.98. The maximum Gasteiger partial charge on any atom is 0.185 e. The number of hydrogen-bond donors (Lipinski definition) is 0. The van der Waals surface area contributed by atoms with Gasteiger partial charge in [-0.15, -0.1) is 24.7 Å². The summed E-state index contributed by atoms with van der Waals surface area (Å²) in [5.41, 5.74) is 0. The molecule has 0 N–H and O–H groups in total. The zero-order chi connectivity index (χ0) is 10.5. The zero-order valence-corrected chi connectivity index (χ0v) is 11.0. The van der Waals surface area contributed by atoms with Gasteiger partial charge in [0.25, 0.3) is 0 Å². The first-order valence-corrected chi connectivity index (χ1v) is 10.6. The lowest BCUT2D eigenvalue weighted by atomic mass is 10.8. The van der Waals surface area contributed by atoms with Gasteiger partial charge >= 0.3 is 0 Å². The Hall–Kier alpha value is -0.486. The fraction of sp³-hybridized carbons (Fsp3) is 0.600. The van der Waals surface area contributed by atoms with Gasteiger partial charge in [0.05, 0.1) is 0 Å². The fourth-order valence-electron chi connectivity index (χ4n) is 1.31. The first-order valence-electron chi connectivity index (χ1n) is 4.40. The Balaban J connectivity index is 4.27. The molecule has 0 aromatic carbocycles. The van der Waals surface area contributed by atoms with Gasteiger partial charge in [0.2, 0.25) is 0 Å². The smallest absolute Gasteiger partial charge is 0.185 e. The molecule has 0 aliphatic rings. The standard InChI is InChI=1S/C10H18OSi2/c1-7-9-12(3,4)11-13(5,6)10-8-2/h1-2H,9-10H2,3-6H3. The van der Waals surface area contributed by atoms with Crippen LogP contribution in [0.5, 0.6) is 0 Å². The molecule has 0 aliphatic heterocycles. The Morgan fingerprint density at radius 1 is 0.923 bits per heavy atom. The van der Waals surface area contributed by atoms with E-state index in [0.29, 0.717) is 0 Å². The van der Waals surface area contributed by atoms with Crippen LogP contribution >= 0.6 is 0 Å². The van der Waals surface area contributed by atoms with Crippen molar-refractivity contribution in [3.05, 3.63) is 0 Å². The quantitative estimate of drug-likeness (QED) is 0.512. The van der Waals surface area contributed by atoms with Gasteiger partial charge in [-0.25, -0.2) is 0 Å². The van der Waals surface area contributed by atoms with Crippen molar-refractivity contribution in [1.29, 1.82) is 0 Å². The molecule has 72 valence electrons. The highest BCUT2D eigenvalue weighted by Crippen LogP contribution is 2.20. The monoisotopic (exact) mass is 210 g/mol. The Labute approximate surface area is 84.1 Å². The summed E-state index contributed by atoms with van der Waals surface area (Å²) in [4.78, 5) is 0. The van der Waals surface area contributed by atoms with Crippen LogP contribution in [0.25, 0.3) is 0 Å². The van der Waals surface area contributed by atoms with Crippen molar-refractivity contribution in [2.45, 2.75) is 38.3 Å². The minimum atomic E-state index is -1.65. The second kappa shape index (κ2) is 4.67. The maximum atomic E-state index is 6.10. The summed E-state index contributed by atoms with van der Waals surface area (Å²) < 4.78 is 6.10. The van der Waals surface area contributed by atoms with Crippen LogP contribution in [0.3, 0.4) is 0 Å². The van der Waals surface area contributed by atoms with Crippen molar-refractivity contribution in [2.24, 2.45) is 0 Å². The van der Waals surface area contributed by atoms with E-state index in [-0.39, 0.29) is 0 Å². The average Bonchev–Trinajstić information content (AvgIpc) is 1.82. The van der Waals surface area contributed by atoms with E-state index >= 15 is 0 Å². The highest BCUT2D eigenvalue weighted by atomic mass is 28.4. The van der Waals surface area contributed by atoms with Crippen LogP contribution in [0, 0.1) is 24.7 Å². The highest BCUT2D eigenvalue weighted by molar-refractivity contribution is 6.85. The molecule has 0 saturated heterocycles. The Morgan fingerprint density at radius 2 is 1.23 bits per heavy atom. The van der Waals surface area contributed by atoms with Crippen LogP contribution in [0.4, 0.5) is 0 Å². The minimum absolute atomic E-state index is 0.772. The largest absolute Gasteiger partial charge is 0.454 e. The van der Waals surface area contributed by atoms with Crippen molar-refractivity contribution in [1.82, 2.24) is 0 Å². The topological polar surface area (TPSA) is 9.23 Å². The molecule has 3 heteroatoms. The third-order valence-corrected chi connectivity index (χ3v) is 8.14. The number of rotatable bonds is 4. The molecule has 0 atom stereocenters. The van der Waals surface area contributed by atoms with Crippen LogP contribution in [-0.4, -0.2) is 16.6 Å². The minimum Gasteiger partial charge on any atom is -0.454 e. The molecule has 0 spiro atoms. The van der Waals surface area contributed by atoms with Gasteiger partial charge in [-0.2, -0.15) is 0 Å². The second-order valence-corrected chi connectivity index (χ2v) is 12.9. The Morgan fingerprint density at radius 3 is 1.46 bits per heavy atom. The molecule has 0 fully saturated rings. The number of terminal acetylenes is 2. The highest BCUT2D eigenvalue weighted by Gasteiger charge is 2.31. The van der Waals surface area contributed by atoms with Crippen molar-refractivity contribution in [2.75, 3.05) is 0 Å². The molecule has 0 aromatic heterocycles. The average molecular weight is 210 g/mol. The fourth-order valence-corrected chi connectivity index (χ4v) is 8.86. The predicted octanol–water partition coefficient (Wildman–Crippen LogP) is 2.68. The van der Waals surface area contributed by atoms with E-state index in [1.165, 1.54) is 0 Å². The first-order chi connectivity index (χ1) is 5.83. The summed E-state index contributed by atoms with van der Waals surface area (Å²) in [6.07, 6.45) is 10.6. The van der Waals surface area contributed by atoms with Crippen LogP contribution < -0.4 is 0 Å². The van der Waals surface area contributed by atoms with E-state index in [0.717, 1.165) is 12.1 Å². The van der Waals surface area contributed by atoms with Crippen LogP contribution in [-0.2, 0) is 4.12 Å². The van der Waals surface area contributed by atoms with Crippen molar-refractivity contribution < 1.29 is 4.12 Å². The van der Waals surface area contributed by atoms with Gasteiger partial charge in [-0.3, -0.25) is 0 Å². The van der Waals surface area contributed by atoms with Gasteiger partial charge in [-0.1, -0.05) is 0 Å². The molecule has 0 amide bonds. The lowest BCUT2D eigenvalue weighted by Crippen LogP contribution is -2.43. The van der Waals surface area contributed by atoms with Crippen LogP contribution in [0.1, 0.15) is 0 Å². The third kappa shape index (κ3) is 5.71. The SMILES string of the molecule is C#CC[Si](C)(C)O[Si](C)(C)CC#C. The predicted molar refractivity (Wildman–Crippen MR) is 63.3 cm³/mol. The van der Waals surface area contributed by atoms with E-state index in [1.807, 2.05) is 0 Å². The van der Waals surface area contributed by atoms with Gasteiger partial charge in [-0.05, 0) is 26.2 Å². The van der Waals surface area contributed by atoms with Crippen molar-refractivity contribution >= 4 is 16.6 Å². The molecule has 0 aromatic rings. The second-order valence-electron chi connectivity index (χ2n) is 4.38. The van der Waals surface area contributed by atoms with Gasteiger partial charge in [0, 0.05) is 12.1 Å². The summed E-state index contributed by atoms with van der Waals surface area (Å²) in [5, 5.41) is 0. The summed E-state index contributed by atoms with van der Waals surface area (Å²) in [7, 11) is -3.29. The van der Waals surface area contributed by atoms with E-state index in [9.17, 15) is 0 Å². The number of hydrogen-bond acceptors (Lipinski definition) is 1. The maximum absolute atomic E-state index is 6.10. The molecule has 0 bridgehead atoms. The molecular weight excluding hydrogens is 192 g/mol. The molecule has 0 radical (unpaired) electrons. The molecule has 0 rings (SSSR count). The molecular formula is C10H18OSi2. The van der Waals surface area contributed by atoms with Gasteiger partial charge in [0.15, 0.2) is 16.6 Å². The lowest BCUT2D eigenvalue weighted by molar-refractivity contribution is 0.550. The van der Waals surface area contributed by atoms with E-state index in [4.69, 9.17) is 17.0 Å². The van der Waals surface area contributed by atoms with Crippen molar-refractivity contribution in [3.8, 4) is 24.7 Å². The summed E-state index contributed by atoms with van der Waals surface area (Å²) in [6, 6.07) is 1.54. The van der Waals surface area contributed by atoms with E-state index < -0.39 is 16.6 Å². The third-order valence-electron chi connectivity index (χ3n) is 1.61. The normalized spacial score (nSPS) is 11.8. The van der Waals surface area contributed by atoms with Crippen LogP contribution in [0.2, 0.25) is 38.3 Å². The summed E-state index contributed by atoms with van der Waals surface area (Å²) in [6.45, 7) is 8.60. The molecule has 0 heterocycles. The van der Waals surface area contributed by atoms with Crippen molar-refractivity contribution in [3.63, 3.8) is 0 Å². The molecule has 0 unspecified atom stereocenters. The summed E-state index contributed by atoms with van der Waals surface area (Å²) in [5.74, 6) is 5.36. The molecule has 1 nitrogen and oxygen atoms in total. The van der Waals surface area contributed by atoms with E-state index in [2.05, 4.69) is 38.0 Å². The van der Waals surface area contributed by atoms with Gasteiger partial charge < -0.3 is 4.12 Å². The Bertz CT molecular complexity index is 217. The van der Waals surface area contributed by atoms with Crippen LogP contribution in [0.15, 0.2) is 0 Å². The molecule has 0 saturated carbocycles. The lowest BCUT2D eigenvalue weighted by Gasteiger charge is -2.31. The first kappa shape index (κ1) is 12.5. The molecule has 0 aliphatic carbocycles.